The van der Waals surface area contributed by atoms with Crippen molar-refractivity contribution < 1.29 is 4.79 Å². The van der Waals surface area contributed by atoms with Gasteiger partial charge in [0.05, 0.1) is 0 Å². The minimum atomic E-state index is -0.0218. The van der Waals surface area contributed by atoms with Gasteiger partial charge in [0.1, 0.15) is 11.6 Å². The molecule has 0 saturated heterocycles. The lowest BCUT2D eigenvalue weighted by atomic mass is 9.80. The monoisotopic (exact) mass is 347 g/mol. The van der Waals surface area contributed by atoms with Crippen LogP contribution in [-0.2, 0) is 19.4 Å². The zero-order chi connectivity index (χ0) is 17.6. The Hall–Kier alpha value is -1.59. The van der Waals surface area contributed by atoms with Gasteiger partial charge in [0, 0.05) is 32.0 Å². The summed E-state index contributed by atoms with van der Waals surface area (Å²) in [4.78, 5) is 12.1. The molecule has 3 rings (SSSR count). The lowest BCUT2D eigenvalue weighted by Crippen LogP contribution is -2.47. The van der Waals surface area contributed by atoms with Crippen molar-refractivity contribution in [2.24, 2.45) is 11.8 Å². The third-order valence-electron chi connectivity index (χ3n) is 5.80. The number of hydrogen-bond acceptors (Lipinski definition) is 3. The predicted octanol–water partition coefficient (Wildman–Crippen LogP) is 3.06. The number of fused-ring (bicyclic) bond motifs is 1. The van der Waals surface area contributed by atoms with E-state index in [1.54, 1.807) is 0 Å². The van der Waals surface area contributed by atoms with Crippen molar-refractivity contribution in [1.29, 1.82) is 0 Å². The Morgan fingerprint density at radius 3 is 2.92 bits per heavy atom. The van der Waals surface area contributed by atoms with Gasteiger partial charge in [-0.2, -0.15) is 0 Å². The standard InChI is InChI=1S/C19H33N5O/c1-14-9-10-16(15(2)13-14)21-19(25)20-11-6-8-18-23-22-17-7-4-3-5-12-24(17)18/h14-16H,3-13H2,1-2H3,(H2,20,21,25). The van der Waals surface area contributed by atoms with Crippen molar-refractivity contribution in [1.82, 2.24) is 25.4 Å². The Labute approximate surface area is 151 Å². The molecule has 1 saturated carbocycles. The Balaban J connectivity index is 1.37. The van der Waals surface area contributed by atoms with Gasteiger partial charge in [-0.1, -0.05) is 20.3 Å². The van der Waals surface area contributed by atoms with Gasteiger partial charge >= 0.3 is 6.03 Å². The molecular formula is C19H33N5O. The molecule has 2 heterocycles. The molecule has 6 nitrogen and oxygen atoms in total. The molecule has 25 heavy (non-hydrogen) atoms. The highest BCUT2D eigenvalue weighted by molar-refractivity contribution is 5.74. The van der Waals surface area contributed by atoms with E-state index in [0.717, 1.165) is 49.8 Å². The molecule has 0 spiro atoms. The van der Waals surface area contributed by atoms with Crippen molar-refractivity contribution in [2.75, 3.05) is 6.54 Å². The SMILES string of the molecule is CC1CCC(NC(=O)NCCCc2nnc3n2CCCCC3)C(C)C1. The summed E-state index contributed by atoms with van der Waals surface area (Å²) >= 11 is 0. The number of amides is 2. The van der Waals surface area contributed by atoms with Crippen LogP contribution < -0.4 is 10.6 Å². The van der Waals surface area contributed by atoms with Crippen LogP contribution in [0.15, 0.2) is 0 Å². The fraction of sp³-hybridized carbons (Fsp3) is 0.842. The Morgan fingerprint density at radius 1 is 1.20 bits per heavy atom. The second-order valence-electron chi connectivity index (χ2n) is 8.00. The molecule has 6 heteroatoms. The molecule has 1 aromatic rings. The summed E-state index contributed by atoms with van der Waals surface area (Å²) in [6.45, 7) is 6.28. The summed E-state index contributed by atoms with van der Waals surface area (Å²) < 4.78 is 2.29. The van der Waals surface area contributed by atoms with E-state index >= 15 is 0 Å². The molecule has 2 amide bonds. The number of urea groups is 1. The molecule has 0 radical (unpaired) electrons. The largest absolute Gasteiger partial charge is 0.338 e. The van der Waals surface area contributed by atoms with Gasteiger partial charge in [0.25, 0.3) is 0 Å². The van der Waals surface area contributed by atoms with Crippen molar-refractivity contribution >= 4 is 6.03 Å². The fourth-order valence-corrected chi connectivity index (χ4v) is 4.28. The molecule has 3 atom stereocenters. The first-order valence-corrected chi connectivity index (χ1v) is 10.1. The van der Waals surface area contributed by atoms with Crippen LogP contribution in [0.5, 0.6) is 0 Å². The van der Waals surface area contributed by atoms with Crippen molar-refractivity contribution in [2.45, 2.75) is 84.2 Å². The number of carbonyl (C=O) groups is 1. The van der Waals surface area contributed by atoms with E-state index in [4.69, 9.17) is 0 Å². The van der Waals surface area contributed by atoms with Crippen LogP contribution in [0.1, 0.15) is 70.4 Å². The predicted molar refractivity (Wildman–Crippen MR) is 98.4 cm³/mol. The zero-order valence-corrected chi connectivity index (χ0v) is 15.8. The highest BCUT2D eigenvalue weighted by atomic mass is 16.2. The number of carbonyl (C=O) groups excluding carboxylic acids is 1. The number of nitrogens with zero attached hydrogens (tertiary/aromatic N) is 3. The molecular weight excluding hydrogens is 314 g/mol. The smallest absolute Gasteiger partial charge is 0.315 e. The Kier molecular flexibility index (Phi) is 6.32. The van der Waals surface area contributed by atoms with Crippen molar-refractivity contribution in [3.8, 4) is 0 Å². The molecule has 1 fully saturated rings. The summed E-state index contributed by atoms with van der Waals surface area (Å²) in [5, 5.41) is 14.9. The summed E-state index contributed by atoms with van der Waals surface area (Å²) in [6.07, 6.45) is 10.1. The normalized spacial score (nSPS) is 26.6. The summed E-state index contributed by atoms with van der Waals surface area (Å²) in [5.74, 6) is 3.57. The van der Waals surface area contributed by atoms with Crippen LogP contribution in [0.3, 0.4) is 0 Å². The average molecular weight is 348 g/mol. The highest BCUT2D eigenvalue weighted by Crippen LogP contribution is 2.28. The van der Waals surface area contributed by atoms with Gasteiger partial charge in [0.2, 0.25) is 0 Å². The van der Waals surface area contributed by atoms with E-state index in [-0.39, 0.29) is 6.03 Å². The zero-order valence-electron chi connectivity index (χ0n) is 15.8. The molecule has 1 aliphatic carbocycles. The lowest BCUT2D eigenvalue weighted by molar-refractivity contribution is 0.206. The van der Waals surface area contributed by atoms with Gasteiger partial charge in [-0.15, -0.1) is 10.2 Å². The van der Waals surface area contributed by atoms with E-state index in [2.05, 4.69) is 39.2 Å². The molecule has 3 unspecified atom stereocenters. The van der Waals surface area contributed by atoms with Crippen LogP contribution in [0.4, 0.5) is 4.79 Å². The number of rotatable bonds is 5. The van der Waals surface area contributed by atoms with Crippen molar-refractivity contribution in [3.05, 3.63) is 11.6 Å². The number of hydrogen-bond donors (Lipinski definition) is 2. The third kappa shape index (κ3) is 4.95. The van der Waals surface area contributed by atoms with Gasteiger partial charge in [-0.05, 0) is 50.4 Å². The van der Waals surface area contributed by atoms with Crippen molar-refractivity contribution in [3.63, 3.8) is 0 Å². The second-order valence-corrected chi connectivity index (χ2v) is 8.00. The molecule has 2 aliphatic rings. The van der Waals surface area contributed by atoms with Gasteiger partial charge in [-0.25, -0.2) is 4.79 Å². The van der Waals surface area contributed by atoms with Crippen LogP contribution in [-0.4, -0.2) is 33.4 Å². The Bertz CT molecular complexity index is 570. The van der Waals surface area contributed by atoms with Crippen LogP contribution in [0, 0.1) is 11.8 Å². The maximum absolute atomic E-state index is 12.1. The second kappa shape index (κ2) is 8.68. The summed E-state index contributed by atoms with van der Waals surface area (Å²) in [6, 6.07) is 0.301. The van der Waals surface area contributed by atoms with E-state index in [1.807, 2.05) is 0 Å². The number of aromatic nitrogens is 3. The highest BCUT2D eigenvalue weighted by Gasteiger charge is 2.26. The minimum Gasteiger partial charge on any atom is -0.338 e. The van der Waals surface area contributed by atoms with Crippen LogP contribution in [0.2, 0.25) is 0 Å². The summed E-state index contributed by atoms with van der Waals surface area (Å²) in [7, 11) is 0. The average Bonchev–Trinajstić information content (AvgIpc) is 2.81. The van der Waals surface area contributed by atoms with E-state index < -0.39 is 0 Å². The number of nitrogens with one attached hydrogen (secondary N) is 2. The van der Waals surface area contributed by atoms with E-state index in [1.165, 1.54) is 32.1 Å². The topological polar surface area (TPSA) is 71.8 Å². The lowest BCUT2D eigenvalue weighted by Gasteiger charge is -2.33. The van der Waals surface area contributed by atoms with Gasteiger partial charge in [-0.3, -0.25) is 0 Å². The van der Waals surface area contributed by atoms with Gasteiger partial charge in [0.15, 0.2) is 0 Å². The third-order valence-corrected chi connectivity index (χ3v) is 5.80. The Morgan fingerprint density at radius 2 is 2.08 bits per heavy atom. The molecule has 1 aliphatic heterocycles. The van der Waals surface area contributed by atoms with Crippen LogP contribution >= 0.6 is 0 Å². The maximum Gasteiger partial charge on any atom is 0.315 e. The fourth-order valence-electron chi connectivity index (χ4n) is 4.28. The summed E-state index contributed by atoms with van der Waals surface area (Å²) in [5.41, 5.74) is 0. The first-order chi connectivity index (χ1) is 12.1. The van der Waals surface area contributed by atoms with E-state index in [9.17, 15) is 4.79 Å². The first kappa shape index (κ1) is 18.2. The minimum absolute atomic E-state index is 0.0218. The maximum atomic E-state index is 12.1. The molecule has 0 bridgehead atoms. The number of aryl methyl sites for hydroxylation is 2. The molecule has 0 aromatic carbocycles. The van der Waals surface area contributed by atoms with E-state index in [0.29, 0.717) is 18.5 Å². The van der Waals surface area contributed by atoms with Gasteiger partial charge < -0.3 is 15.2 Å². The first-order valence-electron chi connectivity index (χ1n) is 10.1. The molecule has 2 N–H and O–H groups in total. The van der Waals surface area contributed by atoms with Crippen LogP contribution in [0.25, 0.3) is 0 Å². The molecule has 1 aromatic heterocycles. The molecule has 140 valence electrons. The quantitative estimate of drug-likeness (QED) is 0.804.